The first kappa shape index (κ1) is 20.6. The monoisotopic (exact) mass is 394 g/mol. The van der Waals surface area contributed by atoms with Crippen LogP contribution in [-0.4, -0.2) is 30.9 Å². The highest BCUT2D eigenvalue weighted by Gasteiger charge is 2.36. The van der Waals surface area contributed by atoms with Crippen LogP contribution in [0.25, 0.3) is 0 Å². The number of anilines is 2. The van der Waals surface area contributed by atoms with Gasteiger partial charge >= 0.3 is 5.97 Å². The molecule has 1 saturated heterocycles. The summed E-state index contributed by atoms with van der Waals surface area (Å²) in [4.78, 5) is 38.6. The molecule has 29 heavy (non-hydrogen) atoms. The van der Waals surface area contributed by atoms with E-state index in [0.717, 1.165) is 27.9 Å². The number of esters is 1. The highest BCUT2D eigenvalue weighted by molar-refractivity contribution is 6.00. The summed E-state index contributed by atoms with van der Waals surface area (Å²) in [6.07, 6.45) is 0.0881. The van der Waals surface area contributed by atoms with Crippen LogP contribution < -0.4 is 10.2 Å². The standard InChI is InChI=1S/C23H26N2O4/c1-14-6-8-20(17(4)9-14)25-12-18(11-22(25)27)23(28)29-13-21(26)24-19-10-15(2)5-7-16(19)3/h5-10,18H,11-13H2,1-4H3,(H,24,26)/t18-/m1/s1. The van der Waals surface area contributed by atoms with Crippen molar-refractivity contribution in [1.29, 1.82) is 0 Å². The molecule has 0 unspecified atom stereocenters. The van der Waals surface area contributed by atoms with Gasteiger partial charge in [0, 0.05) is 24.3 Å². The van der Waals surface area contributed by atoms with E-state index in [-0.39, 0.29) is 25.5 Å². The number of carbonyl (C=O) groups is 3. The SMILES string of the molecule is Cc1ccc(N2C[C@H](C(=O)OCC(=O)Nc3cc(C)ccc3C)CC2=O)c(C)c1. The van der Waals surface area contributed by atoms with E-state index in [1.807, 2.05) is 64.1 Å². The summed E-state index contributed by atoms with van der Waals surface area (Å²) in [6.45, 7) is 7.66. The molecule has 1 aliphatic rings. The maximum atomic E-state index is 12.4. The quantitative estimate of drug-likeness (QED) is 0.788. The molecule has 1 N–H and O–H groups in total. The number of hydrogen-bond acceptors (Lipinski definition) is 4. The number of ether oxygens (including phenoxy) is 1. The Morgan fingerprint density at radius 2 is 1.72 bits per heavy atom. The van der Waals surface area contributed by atoms with Crippen LogP contribution in [0.1, 0.15) is 28.7 Å². The average Bonchev–Trinajstić information content (AvgIpc) is 3.04. The zero-order valence-electron chi connectivity index (χ0n) is 17.2. The molecule has 0 aliphatic carbocycles. The zero-order valence-corrected chi connectivity index (χ0v) is 17.2. The average molecular weight is 394 g/mol. The van der Waals surface area contributed by atoms with E-state index in [1.54, 1.807) is 4.90 Å². The van der Waals surface area contributed by atoms with Gasteiger partial charge in [0.05, 0.1) is 5.92 Å². The van der Waals surface area contributed by atoms with E-state index in [2.05, 4.69) is 5.32 Å². The van der Waals surface area contributed by atoms with Gasteiger partial charge in [0.2, 0.25) is 5.91 Å². The molecule has 1 fully saturated rings. The molecule has 0 radical (unpaired) electrons. The van der Waals surface area contributed by atoms with Gasteiger partial charge in [-0.25, -0.2) is 0 Å². The topological polar surface area (TPSA) is 75.7 Å². The van der Waals surface area contributed by atoms with Crippen molar-refractivity contribution in [2.24, 2.45) is 5.92 Å². The molecule has 1 aliphatic heterocycles. The van der Waals surface area contributed by atoms with Crippen LogP contribution in [0.4, 0.5) is 11.4 Å². The van der Waals surface area contributed by atoms with Crippen molar-refractivity contribution in [2.45, 2.75) is 34.1 Å². The minimum absolute atomic E-state index is 0.0881. The number of benzene rings is 2. The molecule has 6 heteroatoms. The molecule has 152 valence electrons. The first-order chi connectivity index (χ1) is 13.7. The van der Waals surface area contributed by atoms with Crippen LogP contribution >= 0.6 is 0 Å². The Balaban J connectivity index is 1.56. The minimum atomic E-state index is -0.572. The minimum Gasteiger partial charge on any atom is -0.455 e. The van der Waals surface area contributed by atoms with Crippen LogP contribution in [-0.2, 0) is 19.1 Å². The summed E-state index contributed by atoms with van der Waals surface area (Å²) < 4.78 is 5.18. The maximum Gasteiger partial charge on any atom is 0.311 e. The first-order valence-electron chi connectivity index (χ1n) is 9.66. The largest absolute Gasteiger partial charge is 0.455 e. The lowest BCUT2D eigenvalue weighted by molar-refractivity contribution is -0.151. The molecular formula is C23H26N2O4. The normalized spacial score (nSPS) is 16.1. The maximum absolute atomic E-state index is 12.4. The molecule has 2 aromatic rings. The molecule has 2 amide bonds. The lowest BCUT2D eigenvalue weighted by Crippen LogP contribution is -2.28. The van der Waals surface area contributed by atoms with Crippen LogP contribution in [0, 0.1) is 33.6 Å². The lowest BCUT2D eigenvalue weighted by Gasteiger charge is -2.19. The summed E-state index contributed by atoms with van der Waals surface area (Å²) >= 11 is 0. The summed E-state index contributed by atoms with van der Waals surface area (Å²) in [5, 5.41) is 2.76. The Bertz CT molecular complexity index is 967. The number of aryl methyl sites for hydroxylation is 4. The Labute approximate surface area is 170 Å². The van der Waals surface area contributed by atoms with Crippen LogP contribution in [0.2, 0.25) is 0 Å². The van der Waals surface area contributed by atoms with E-state index in [1.165, 1.54) is 0 Å². The number of nitrogens with zero attached hydrogens (tertiary/aromatic N) is 1. The number of amides is 2. The third kappa shape index (κ3) is 4.83. The van der Waals surface area contributed by atoms with Gasteiger partial charge in [0.1, 0.15) is 0 Å². The third-order valence-corrected chi connectivity index (χ3v) is 5.11. The molecule has 0 spiro atoms. The van der Waals surface area contributed by atoms with Crippen molar-refractivity contribution in [2.75, 3.05) is 23.4 Å². The van der Waals surface area contributed by atoms with Gasteiger partial charge < -0.3 is 15.0 Å². The van der Waals surface area contributed by atoms with Gasteiger partial charge in [0.15, 0.2) is 6.61 Å². The van der Waals surface area contributed by atoms with Crippen molar-refractivity contribution in [1.82, 2.24) is 0 Å². The molecule has 3 rings (SSSR count). The molecular weight excluding hydrogens is 368 g/mol. The highest BCUT2D eigenvalue weighted by Crippen LogP contribution is 2.29. The van der Waals surface area contributed by atoms with Crippen molar-refractivity contribution in [3.63, 3.8) is 0 Å². The number of rotatable bonds is 5. The van der Waals surface area contributed by atoms with E-state index in [0.29, 0.717) is 5.69 Å². The van der Waals surface area contributed by atoms with Crippen molar-refractivity contribution in [3.8, 4) is 0 Å². The third-order valence-electron chi connectivity index (χ3n) is 5.11. The number of nitrogens with one attached hydrogen (secondary N) is 1. The highest BCUT2D eigenvalue weighted by atomic mass is 16.5. The molecule has 0 aromatic heterocycles. The lowest BCUT2D eigenvalue weighted by atomic mass is 10.1. The van der Waals surface area contributed by atoms with E-state index >= 15 is 0 Å². The summed E-state index contributed by atoms with van der Waals surface area (Å²) in [5.41, 5.74) is 5.57. The molecule has 1 atom stereocenters. The predicted molar refractivity (Wildman–Crippen MR) is 112 cm³/mol. The number of carbonyl (C=O) groups excluding carboxylic acids is 3. The second-order valence-electron chi connectivity index (χ2n) is 7.67. The number of hydrogen-bond donors (Lipinski definition) is 1. The van der Waals surface area contributed by atoms with Gasteiger partial charge in [-0.1, -0.05) is 29.8 Å². The van der Waals surface area contributed by atoms with Crippen LogP contribution in [0.15, 0.2) is 36.4 Å². The fraction of sp³-hybridized carbons (Fsp3) is 0.348. The predicted octanol–water partition coefficient (Wildman–Crippen LogP) is 3.46. The fourth-order valence-corrected chi connectivity index (χ4v) is 3.52. The van der Waals surface area contributed by atoms with E-state index < -0.39 is 17.8 Å². The second kappa shape index (κ2) is 8.47. The Kier molecular flexibility index (Phi) is 6.01. The zero-order chi connectivity index (χ0) is 21.1. The molecule has 0 saturated carbocycles. The van der Waals surface area contributed by atoms with Gasteiger partial charge in [-0.3, -0.25) is 14.4 Å². The Hall–Kier alpha value is -3.15. The van der Waals surface area contributed by atoms with E-state index in [4.69, 9.17) is 4.74 Å². The summed E-state index contributed by atoms with van der Waals surface area (Å²) in [7, 11) is 0. The first-order valence-corrected chi connectivity index (χ1v) is 9.66. The van der Waals surface area contributed by atoms with Gasteiger partial charge in [-0.05, 0) is 56.5 Å². The van der Waals surface area contributed by atoms with Gasteiger partial charge in [-0.15, -0.1) is 0 Å². The van der Waals surface area contributed by atoms with Crippen LogP contribution in [0.5, 0.6) is 0 Å². The summed E-state index contributed by atoms with van der Waals surface area (Å²) in [6, 6.07) is 11.6. The van der Waals surface area contributed by atoms with E-state index in [9.17, 15) is 14.4 Å². The smallest absolute Gasteiger partial charge is 0.311 e. The Morgan fingerprint density at radius 1 is 1.03 bits per heavy atom. The molecule has 0 bridgehead atoms. The van der Waals surface area contributed by atoms with Crippen molar-refractivity contribution in [3.05, 3.63) is 58.7 Å². The molecule has 2 aromatic carbocycles. The van der Waals surface area contributed by atoms with Gasteiger partial charge in [0.25, 0.3) is 5.91 Å². The van der Waals surface area contributed by atoms with Crippen molar-refractivity contribution < 1.29 is 19.1 Å². The fourth-order valence-electron chi connectivity index (χ4n) is 3.52. The van der Waals surface area contributed by atoms with Gasteiger partial charge in [-0.2, -0.15) is 0 Å². The summed E-state index contributed by atoms with van der Waals surface area (Å²) in [5.74, 6) is -1.61. The molecule has 1 heterocycles. The Morgan fingerprint density at radius 3 is 2.45 bits per heavy atom. The van der Waals surface area contributed by atoms with Crippen LogP contribution in [0.3, 0.4) is 0 Å². The van der Waals surface area contributed by atoms with Crippen molar-refractivity contribution >= 4 is 29.2 Å². The molecule has 6 nitrogen and oxygen atoms in total. The second-order valence-corrected chi connectivity index (χ2v) is 7.67.